The second-order valence-electron chi connectivity index (χ2n) is 7.89. The van der Waals surface area contributed by atoms with E-state index < -0.39 is 29.2 Å². The van der Waals surface area contributed by atoms with Crippen LogP contribution in [0.2, 0.25) is 0 Å². The molecule has 2 atom stereocenters. The largest absolute Gasteiger partial charge is 0.477 e. The molecule has 0 unspecified atom stereocenters. The van der Waals surface area contributed by atoms with Gasteiger partial charge in [0.25, 0.3) is 23.8 Å². The molecular weight excluding hydrogens is 510 g/mol. The number of hydrogen-bond acceptors (Lipinski definition) is 11. The summed E-state index contributed by atoms with van der Waals surface area (Å²) in [6.07, 6.45) is 1.63. The monoisotopic (exact) mass is 530 g/mol. The Balaban J connectivity index is 1.38. The highest BCUT2D eigenvalue weighted by Crippen LogP contribution is 2.40. The third-order valence-electron chi connectivity index (χ3n) is 5.68. The third kappa shape index (κ3) is 3.93. The number of oxime groups is 1. The SMILES string of the molecule is CO/N=C(\C(=O)N[C@@H]1C(=O)N2C(C(=O)O)=C(C[n+]3cnn4c(C)cccc43)CS[C@@H]12)c1nsc(N)n1. The second kappa shape index (κ2) is 9.19. The summed E-state index contributed by atoms with van der Waals surface area (Å²) in [6.45, 7) is 2.17. The summed E-state index contributed by atoms with van der Waals surface area (Å²) in [7, 11) is 1.25. The van der Waals surface area contributed by atoms with Crippen molar-refractivity contribution in [1.82, 2.24) is 29.2 Å². The number of fused-ring (bicyclic) bond motifs is 2. The van der Waals surface area contributed by atoms with Crippen LogP contribution >= 0.6 is 23.3 Å². The van der Waals surface area contributed by atoms with Gasteiger partial charge in [-0.15, -0.1) is 11.8 Å². The number of carboxylic acids is 1. The Bertz CT molecular complexity index is 1460. The van der Waals surface area contributed by atoms with Crippen molar-refractivity contribution in [2.24, 2.45) is 5.16 Å². The number of β-lactam (4-membered cyclic amide) rings is 1. The van der Waals surface area contributed by atoms with Gasteiger partial charge in [-0.1, -0.05) is 15.7 Å². The van der Waals surface area contributed by atoms with E-state index in [1.54, 1.807) is 10.8 Å². The maximum Gasteiger partial charge on any atom is 0.352 e. The summed E-state index contributed by atoms with van der Waals surface area (Å²) in [5, 5.41) is 20.1. The molecule has 5 rings (SSSR count). The molecule has 0 saturated carbocycles. The molecule has 2 amide bonds. The number of aryl methyl sites for hydroxylation is 1. The normalized spacial score (nSPS) is 19.8. The Kier molecular flexibility index (Phi) is 6.05. The minimum Gasteiger partial charge on any atom is -0.477 e. The van der Waals surface area contributed by atoms with E-state index in [1.807, 2.05) is 29.7 Å². The zero-order chi connectivity index (χ0) is 25.6. The van der Waals surface area contributed by atoms with E-state index in [0.717, 1.165) is 22.9 Å². The standard InChI is InChI=1S/C20H19N9O5S2/c1-9-4-3-5-11-27(8-22-29(9)11)6-10-7-35-18-13(17(31)28(18)14(10)19(32)33)23-16(30)12(25-34-2)15-24-20(21)36-26-15/h3-5,8,13,18H,6-7H2,1-2H3,(H3-,21,23,24,26,30,32,33)/p+1/b25-12-/t13-,18+/m1/s1. The molecular formula is C20H20N9O5S2+. The molecule has 2 aliphatic rings. The van der Waals surface area contributed by atoms with Crippen molar-refractivity contribution in [2.75, 3.05) is 18.6 Å². The highest BCUT2D eigenvalue weighted by Gasteiger charge is 2.54. The van der Waals surface area contributed by atoms with Crippen LogP contribution < -0.4 is 15.6 Å². The van der Waals surface area contributed by atoms with Crippen LogP contribution in [0.15, 0.2) is 41.0 Å². The number of carbonyl (C=O) groups is 3. The summed E-state index contributed by atoms with van der Waals surface area (Å²) in [5.41, 5.74) is 7.54. The fraction of sp³-hybridized carbons (Fsp3) is 0.300. The Labute approximate surface area is 211 Å². The molecule has 1 saturated heterocycles. The number of aromatic nitrogens is 5. The molecule has 0 radical (unpaired) electrons. The summed E-state index contributed by atoms with van der Waals surface area (Å²) in [5.74, 6) is -2.19. The van der Waals surface area contributed by atoms with Gasteiger partial charge in [-0.3, -0.25) is 14.5 Å². The predicted octanol–water partition coefficient (Wildman–Crippen LogP) is -0.847. The first-order valence-corrected chi connectivity index (χ1v) is 12.4. The molecule has 0 aromatic carbocycles. The van der Waals surface area contributed by atoms with Crippen LogP contribution in [0.1, 0.15) is 11.5 Å². The van der Waals surface area contributed by atoms with Crippen molar-refractivity contribution in [3.63, 3.8) is 0 Å². The highest BCUT2D eigenvalue weighted by atomic mass is 32.2. The molecule has 186 valence electrons. The molecule has 36 heavy (non-hydrogen) atoms. The van der Waals surface area contributed by atoms with Gasteiger partial charge in [-0.25, -0.2) is 9.36 Å². The van der Waals surface area contributed by atoms with Crippen molar-refractivity contribution in [2.45, 2.75) is 24.9 Å². The molecule has 3 aromatic rings. The molecule has 2 aliphatic heterocycles. The number of nitrogens with two attached hydrogens (primary N) is 1. The number of hydrogen-bond donors (Lipinski definition) is 3. The topological polar surface area (TPSA) is 181 Å². The number of nitrogens with one attached hydrogen (secondary N) is 1. The molecule has 5 heterocycles. The minimum atomic E-state index is -1.22. The van der Waals surface area contributed by atoms with Crippen LogP contribution in [0.5, 0.6) is 0 Å². The Morgan fingerprint density at radius 2 is 2.22 bits per heavy atom. The van der Waals surface area contributed by atoms with Crippen molar-refractivity contribution in [3.05, 3.63) is 47.3 Å². The van der Waals surface area contributed by atoms with Gasteiger partial charge in [-0.05, 0) is 13.0 Å². The fourth-order valence-electron chi connectivity index (χ4n) is 4.08. The molecule has 3 aromatic heterocycles. The lowest BCUT2D eigenvalue weighted by Crippen LogP contribution is -2.71. The number of pyridine rings is 1. The Morgan fingerprint density at radius 3 is 2.92 bits per heavy atom. The van der Waals surface area contributed by atoms with Crippen LogP contribution in [-0.4, -0.2) is 76.8 Å². The quantitative estimate of drug-likeness (QED) is 0.151. The number of nitrogens with zero attached hydrogens (tertiary/aromatic N) is 7. The number of rotatable bonds is 7. The molecule has 0 aliphatic carbocycles. The number of thioether (sulfide) groups is 1. The lowest BCUT2D eigenvalue weighted by molar-refractivity contribution is -0.664. The van der Waals surface area contributed by atoms with E-state index >= 15 is 0 Å². The first-order chi connectivity index (χ1) is 17.3. The van der Waals surface area contributed by atoms with Crippen LogP contribution in [0.4, 0.5) is 5.13 Å². The molecule has 4 N–H and O–H groups in total. The number of aliphatic carboxylic acids is 1. The average molecular weight is 531 g/mol. The van der Waals surface area contributed by atoms with Gasteiger partial charge in [-0.2, -0.15) is 9.36 Å². The van der Waals surface area contributed by atoms with E-state index in [2.05, 4.69) is 24.9 Å². The van der Waals surface area contributed by atoms with Crippen molar-refractivity contribution < 1.29 is 28.9 Å². The zero-order valence-corrected chi connectivity index (χ0v) is 20.6. The second-order valence-corrected chi connectivity index (χ2v) is 9.78. The Hall–Kier alpha value is -4.05. The van der Waals surface area contributed by atoms with Gasteiger partial charge in [0.2, 0.25) is 11.5 Å². The minimum absolute atomic E-state index is 0.0363. The summed E-state index contributed by atoms with van der Waals surface area (Å²) < 4.78 is 7.54. The van der Waals surface area contributed by atoms with Crippen LogP contribution in [-0.2, 0) is 25.8 Å². The number of anilines is 1. The van der Waals surface area contributed by atoms with E-state index in [9.17, 15) is 19.5 Å². The fourth-order valence-corrected chi connectivity index (χ4v) is 5.85. The number of amides is 2. The molecule has 1 fully saturated rings. The number of carboxylic acid groups (broad SMARTS) is 1. The van der Waals surface area contributed by atoms with Crippen molar-refractivity contribution in [3.8, 4) is 0 Å². The van der Waals surface area contributed by atoms with E-state index in [4.69, 9.17) is 10.6 Å². The van der Waals surface area contributed by atoms with E-state index in [0.29, 0.717) is 11.3 Å². The van der Waals surface area contributed by atoms with E-state index in [-0.39, 0.29) is 28.9 Å². The molecule has 16 heteroatoms. The molecule has 14 nitrogen and oxygen atoms in total. The van der Waals surface area contributed by atoms with Gasteiger partial charge in [0, 0.05) is 34.0 Å². The van der Waals surface area contributed by atoms with Crippen molar-refractivity contribution >= 4 is 57.6 Å². The summed E-state index contributed by atoms with van der Waals surface area (Å²) >= 11 is 2.24. The number of nitrogen functional groups attached to an aromatic ring is 1. The smallest absolute Gasteiger partial charge is 0.352 e. The van der Waals surface area contributed by atoms with Gasteiger partial charge in [0.05, 0.1) is 6.54 Å². The number of carbonyl (C=O) groups excluding carboxylic acids is 2. The van der Waals surface area contributed by atoms with Gasteiger partial charge < -0.3 is 21.0 Å². The van der Waals surface area contributed by atoms with Gasteiger partial charge in [0.15, 0.2) is 5.13 Å². The van der Waals surface area contributed by atoms with Gasteiger partial charge >= 0.3 is 5.97 Å². The average Bonchev–Trinajstić information content (AvgIpc) is 3.47. The van der Waals surface area contributed by atoms with Crippen LogP contribution in [0, 0.1) is 6.92 Å². The summed E-state index contributed by atoms with van der Waals surface area (Å²) in [4.78, 5) is 48.0. The summed E-state index contributed by atoms with van der Waals surface area (Å²) in [6, 6.07) is 4.74. The molecule has 0 spiro atoms. The van der Waals surface area contributed by atoms with Gasteiger partial charge in [0.1, 0.15) is 29.9 Å². The van der Waals surface area contributed by atoms with E-state index in [1.165, 1.54) is 23.8 Å². The lowest BCUT2D eigenvalue weighted by atomic mass is 10.0. The van der Waals surface area contributed by atoms with Crippen LogP contribution in [0.25, 0.3) is 5.65 Å². The Morgan fingerprint density at radius 1 is 1.42 bits per heavy atom. The molecule has 0 bridgehead atoms. The van der Waals surface area contributed by atoms with Crippen molar-refractivity contribution in [1.29, 1.82) is 0 Å². The first kappa shape index (κ1) is 23.7. The zero-order valence-electron chi connectivity index (χ0n) is 19.0. The predicted molar refractivity (Wildman–Crippen MR) is 128 cm³/mol. The highest BCUT2D eigenvalue weighted by molar-refractivity contribution is 8.00. The third-order valence-corrected chi connectivity index (χ3v) is 7.57. The lowest BCUT2D eigenvalue weighted by Gasteiger charge is -2.49. The van der Waals surface area contributed by atoms with Crippen LogP contribution in [0.3, 0.4) is 0 Å². The maximum atomic E-state index is 13.0. The maximum absolute atomic E-state index is 13.0. The first-order valence-electron chi connectivity index (χ1n) is 10.5.